The monoisotopic (exact) mass is 151 g/mol. The predicted octanol–water partition coefficient (Wildman–Crippen LogP) is 1.44. The number of imidazole rings is 1. The van der Waals surface area contributed by atoms with E-state index >= 15 is 0 Å². The first kappa shape index (κ1) is 5.76. The third-order valence-corrected chi connectivity index (χ3v) is 1.01. The third-order valence-electron chi connectivity index (χ3n) is 1.01. The van der Waals surface area contributed by atoms with E-state index in [1.165, 1.54) is 0 Å². The van der Waals surface area contributed by atoms with Crippen molar-refractivity contribution in [2.75, 3.05) is 0 Å². The van der Waals surface area contributed by atoms with Crippen molar-refractivity contribution >= 4 is 0 Å². The normalized spacial score (nSPS) is 13.4. The van der Waals surface area contributed by atoms with Gasteiger partial charge in [-0.05, 0) is 0 Å². The summed E-state index contributed by atoms with van der Waals surface area (Å²) in [5.41, 5.74) is 0. The molecule has 0 amide bonds. The van der Waals surface area contributed by atoms with Gasteiger partial charge in [0.1, 0.15) is 0 Å². The lowest BCUT2D eigenvalue weighted by atomic mass is 10.6. The Morgan fingerprint density at radius 1 is 1.70 bits per heavy atom. The minimum Gasteiger partial charge on any atom is -0.330 e. The Labute approximate surface area is 56.7 Å². The Morgan fingerprint density at radius 3 is 2.50 bits per heavy atom. The molecule has 0 aliphatic heterocycles. The summed E-state index contributed by atoms with van der Waals surface area (Å²) in [6.07, 6.45) is -3.85. The maximum atomic E-state index is 11.9. The fourth-order valence-corrected chi connectivity index (χ4v) is 0.588. The van der Waals surface area contributed by atoms with Crippen LogP contribution >= 0.6 is 0 Å². The van der Waals surface area contributed by atoms with Gasteiger partial charge in [0.2, 0.25) is 5.82 Å². The van der Waals surface area contributed by atoms with Gasteiger partial charge in [0.15, 0.2) is 0 Å². The molecule has 1 aromatic rings. The van der Waals surface area contributed by atoms with Gasteiger partial charge >= 0.3 is 6.18 Å². The van der Waals surface area contributed by atoms with Crippen LogP contribution in [0.2, 0.25) is 0 Å². The fraction of sp³-hybridized carbons (Fsp3) is 0.400. The van der Waals surface area contributed by atoms with Crippen LogP contribution in [0.3, 0.4) is 0 Å². The summed E-state index contributed by atoms with van der Waals surface area (Å²) < 4.78 is 43.3. The lowest BCUT2D eigenvalue weighted by Crippen LogP contribution is -2.11. The Morgan fingerprint density at radius 2 is 2.30 bits per heavy atom. The second-order valence-corrected chi connectivity index (χ2v) is 1.77. The molecule has 2 nitrogen and oxygen atoms in total. The molecule has 0 saturated heterocycles. The molecule has 0 fully saturated rings. The summed E-state index contributed by atoms with van der Waals surface area (Å²) in [5, 5.41) is 0. The SMILES string of the molecule is [2H]c1cnc(C(F)(F)F)n1C. The molecular formula is C5H5F3N2. The average molecular weight is 151 g/mol. The molecule has 1 aromatic heterocycles. The summed E-state index contributed by atoms with van der Waals surface area (Å²) in [6.45, 7) is 0. The van der Waals surface area contributed by atoms with Gasteiger partial charge in [-0.15, -0.1) is 0 Å². The zero-order chi connectivity index (χ0) is 8.65. The van der Waals surface area contributed by atoms with Crippen LogP contribution in [0.1, 0.15) is 7.20 Å². The molecule has 1 rings (SSSR count). The number of aromatic nitrogens is 2. The van der Waals surface area contributed by atoms with Gasteiger partial charge in [0.05, 0.1) is 1.37 Å². The molecule has 0 aliphatic carbocycles. The highest BCUT2D eigenvalue weighted by Crippen LogP contribution is 2.26. The molecule has 0 spiro atoms. The summed E-state index contributed by atoms with van der Waals surface area (Å²) in [4.78, 5) is 3.04. The van der Waals surface area contributed by atoms with E-state index in [4.69, 9.17) is 1.37 Å². The van der Waals surface area contributed by atoms with Crippen molar-refractivity contribution in [1.82, 2.24) is 9.55 Å². The van der Waals surface area contributed by atoms with E-state index in [0.29, 0.717) is 4.57 Å². The van der Waals surface area contributed by atoms with Crippen molar-refractivity contribution < 1.29 is 14.5 Å². The second-order valence-electron chi connectivity index (χ2n) is 1.77. The number of nitrogens with zero attached hydrogens (tertiary/aromatic N) is 2. The molecule has 1 heterocycles. The smallest absolute Gasteiger partial charge is 0.330 e. The van der Waals surface area contributed by atoms with Gasteiger partial charge in [-0.2, -0.15) is 13.2 Å². The van der Waals surface area contributed by atoms with Crippen LogP contribution in [0.5, 0.6) is 0 Å². The van der Waals surface area contributed by atoms with Gasteiger partial charge in [0, 0.05) is 19.4 Å². The molecular weight excluding hydrogens is 145 g/mol. The minimum absolute atomic E-state index is 0.252. The van der Waals surface area contributed by atoms with Gasteiger partial charge < -0.3 is 4.57 Å². The molecule has 10 heavy (non-hydrogen) atoms. The van der Waals surface area contributed by atoms with Crippen molar-refractivity contribution in [3.63, 3.8) is 0 Å². The van der Waals surface area contributed by atoms with Gasteiger partial charge in [-0.25, -0.2) is 4.98 Å². The van der Waals surface area contributed by atoms with Crippen LogP contribution in [0.25, 0.3) is 0 Å². The predicted molar refractivity (Wildman–Crippen MR) is 28.2 cm³/mol. The van der Waals surface area contributed by atoms with E-state index in [1.807, 2.05) is 0 Å². The Bertz CT molecular complexity index is 265. The van der Waals surface area contributed by atoms with Crippen LogP contribution in [0, 0.1) is 0 Å². The molecule has 0 radical (unpaired) electrons. The van der Waals surface area contributed by atoms with Crippen molar-refractivity contribution in [3.8, 4) is 0 Å². The van der Waals surface area contributed by atoms with Crippen molar-refractivity contribution in [2.45, 2.75) is 6.18 Å². The summed E-state index contributed by atoms with van der Waals surface area (Å²) >= 11 is 0. The third kappa shape index (κ3) is 1.12. The van der Waals surface area contributed by atoms with Gasteiger partial charge in [-0.1, -0.05) is 0 Å². The highest BCUT2D eigenvalue weighted by atomic mass is 19.4. The topological polar surface area (TPSA) is 17.8 Å². The summed E-state index contributed by atoms with van der Waals surface area (Å²) in [5.74, 6) is -1.04. The maximum absolute atomic E-state index is 11.9. The Hall–Kier alpha value is -1.00. The molecule has 0 N–H and O–H groups in total. The molecule has 56 valence electrons. The second kappa shape index (κ2) is 2.00. The Balaban J connectivity index is 3.15. The van der Waals surface area contributed by atoms with Crippen LogP contribution < -0.4 is 0 Å². The van der Waals surface area contributed by atoms with Crippen molar-refractivity contribution in [3.05, 3.63) is 18.2 Å². The number of hydrogen-bond acceptors (Lipinski definition) is 1. The largest absolute Gasteiger partial charge is 0.449 e. The van der Waals surface area contributed by atoms with Crippen LogP contribution in [0.4, 0.5) is 13.2 Å². The molecule has 0 bridgehead atoms. The van der Waals surface area contributed by atoms with E-state index < -0.39 is 12.0 Å². The lowest BCUT2D eigenvalue weighted by Gasteiger charge is -2.03. The number of halogens is 3. The van der Waals surface area contributed by atoms with Crippen molar-refractivity contribution in [2.24, 2.45) is 7.05 Å². The molecule has 0 atom stereocenters. The van der Waals surface area contributed by atoms with E-state index in [9.17, 15) is 13.2 Å². The minimum atomic E-state index is -4.46. The summed E-state index contributed by atoms with van der Waals surface area (Å²) in [7, 11) is 1.15. The quantitative estimate of drug-likeness (QED) is 0.548. The first-order valence-corrected chi connectivity index (χ1v) is 2.48. The summed E-state index contributed by atoms with van der Waals surface area (Å²) in [6, 6.07) is 0. The van der Waals surface area contributed by atoms with E-state index in [1.54, 1.807) is 0 Å². The molecule has 0 unspecified atom stereocenters. The van der Waals surface area contributed by atoms with E-state index in [0.717, 1.165) is 13.2 Å². The van der Waals surface area contributed by atoms with Crippen LogP contribution in [-0.2, 0) is 13.2 Å². The number of alkyl halides is 3. The van der Waals surface area contributed by atoms with E-state index in [-0.39, 0.29) is 6.17 Å². The lowest BCUT2D eigenvalue weighted by molar-refractivity contribution is -0.146. The zero-order valence-electron chi connectivity index (χ0n) is 6.11. The van der Waals surface area contributed by atoms with Gasteiger partial charge in [-0.3, -0.25) is 0 Å². The Kier molecular flexibility index (Phi) is 1.15. The standard InChI is InChI=1S/C5H5F3N2/c1-10-3-2-9-4(10)5(6,7)8/h2-3H,1H3/i3D. The fourth-order valence-electron chi connectivity index (χ4n) is 0.588. The first-order valence-electron chi connectivity index (χ1n) is 2.98. The number of rotatable bonds is 0. The molecule has 0 aromatic carbocycles. The molecule has 0 aliphatic rings. The molecule has 0 saturated carbocycles. The number of hydrogen-bond donors (Lipinski definition) is 0. The maximum Gasteiger partial charge on any atom is 0.449 e. The zero-order valence-corrected chi connectivity index (χ0v) is 5.11. The average Bonchev–Trinajstić information content (AvgIpc) is 2.11. The first-order chi connectivity index (χ1) is 4.93. The van der Waals surface area contributed by atoms with Crippen LogP contribution in [0.15, 0.2) is 12.4 Å². The highest BCUT2D eigenvalue weighted by molar-refractivity contribution is 4.95. The van der Waals surface area contributed by atoms with E-state index in [2.05, 4.69) is 4.98 Å². The van der Waals surface area contributed by atoms with Crippen molar-refractivity contribution in [1.29, 1.82) is 0 Å². The van der Waals surface area contributed by atoms with Gasteiger partial charge in [0.25, 0.3) is 0 Å². The highest BCUT2D eigenvalue weighted by Gasteiger charge is 2.34. The van der Waals surface area contributed by atoms with Crippen LogP contribution in [-0.4, -0.2) is 9.55 Å². The molecule has 5 heteroatoms.